The molecular weight excluding hydrogens is 206 g/mol. The summed E-state index contributed by atoms with van der Waals surface area (Å²) in [5.74, 6) is 2.16. The van der Waals surface area contributed by atoms with E-state index < -0.39 is 0 Å². The summed E-state index contributed by atoms with van der Waals surface area (Å²) in [5, 5.41) is 10.6. The fourth-order valence-corrected chi connectivity index (χ4v) is 1.98. The number of aromatic amines is 1. The lowest BCUT2D eigenvalue weighted by Gasteiger charge is -2.04. The van der Waals surface area contributed by atoms with Crippen molar-refractivity contribution in [2.45, 2.75) is 20.4 Å². The molecule has 0 aromatic carbocycles. The van der Waals surface area contributed by atoms with E-state index in [9.17, 15) is 0 Å². The summed E-state index contributed by atoms with van der Waals surface area (Å²) in [5.41, 5.74) is 3.56. The van der Waals surface area contributed by atoms with E-state index in [2.05, 4.69) is 29.0 Å². The van der Waals surface area contributed by atoms with Crippen molar-refractivity contribution in [1.82, 2.24) is 15.5 Å². The molecule has 0 atom stereocenters. The second-order valence-electron chi connectivity index (χ2n) is 3.45. The van der Waals surface area contributed by atoms with Crippen molar-refractivity contribution in [2.75, 3.05) is 18.1 Å². The lowest BCUT2D eigenvalue weighted by Crippen LogP contribution is -2.17. The normalized spacial score (nSPS) is 10.5. The highest BCUT2D eigenvalue weighted by Gasteiger charge is 2.04. The number of nitrogens with zero attached hydrogens (tertiary/aromatic N) is 1. The predicted molar refractivity (Wildman–Crippen MR) is 67.3 cm³/mol. The van der Waals surface area contributed by atoms with E-state index in [4.69, 9.17) is 0 Å². The lowest BCUT2D eigenvalue weighted by molar-refractivity contribution is 0.726. The third-order valence-electron chi connectivity index (χ3n) is 2.24. The van der Waals surface area contributed by atoms with Crippen LogP contribution < -0.4 is 5.32 Å². The maximum absolute atomic E-state index is 4.16. The fourth-order valence-electron chi connectivity index (χ4n) is 1.36. The van der Waals surface area contributed by atoms with Crippen LogP contribution in [0.5, 0.6) is 0 Å². The van der Waals surface area contributed by atoms with Crippen molar-refractivity contribution < 1.29 is 0 Å². The van der Waals surface area contributed by atoms with Crippen molar-refractivity contribution in [3.63, 3.8) is 0 Å². The van der Waals surface area contributed by atoms with Gasteiger partial charge in [0.05, 0.1) is 5.69 Å². The maximum Gasteiger partial charge on any atom is 0.0638 e. The SMILES string of the molecule is C=CCSCCNCc1c(C)n[nH]c1C. The number of hydrogen-bond donors (Lipinski definition) is 2. The Labute approximate surface area is 95.7 Å². The quantitative estimate of drug-likeness (QED) is 0.551. The van der Waals surface area contributed by atoms with Gasteiger partial charge in [-0.1, -0.05) is 6.08 Å². The van der Waals surface area contributed by atoms with Crippen molar-refractivity contribution in [2.24, 2.45) is 0 Å². The average Bonchev–Trinajstić information content (AvgIpc) is 2.54. The molecule has 2 N–H and O–H groups in total. The van der Waals surface area contributed by atoms with Crippen LogP contribution in [0.2, 0.25) is 0 Å². The molecule has 0 unspecified atom stereocenters. The first-order valence-corrected chi connectivity index (χ1v) is 6.31. The van der Waals surface area contributed by atoms with Crippen LogP contribution in [0.15, 0.2) is 12.7 Å². The van der Waals surface area contributed by atoms with Crippen LogP contribution in [-0.2, 0) is 6.54 Å². The molecule has 1 heterocycles. The topological polar surface area (TPSA) is 40.7 Å². The first kappa shape index (κ1) is 12.3. The van der Waals surface area contributed by atoms with Crippen molar-refractivity contribution in [3.05, 3.63) is 29.6 Å². The zero-order valence-corrected chi connectivity index (χ0v) is 10.3. The highest BCUT2D eigenvalue weighted by molar-refractivity contribution is 7.99. The number of nitrogens with one attached hydrogen (secondary N) is 2. The monoisotopic (exact) mass is 225 g/mol. The summed E-state index contributed by atoms with van der Waals surface area (Å²) in [4.78, 5) is 0. The molecule has 0 radical (unpaired) electrons. The molecular formula is C11H19N3S. The highest BCUT2D eigenvalue weighted by Crippen LogP contribution is 2.08. The maximum atomic E-state index is 4.16. The van der Waals surface area contributed by atoms with Gasteiger partial charge in [0.25, 0.3) is 0 Å². The second kappa shape index (κ2) is 6.69. The van der Waals surface area contributed by atoms with E-state index in [-0.39, 0.29) is 0 Å². The number of rotatable bonds is 7. The smallest absolute Gasteiger partial charge is 0.0638 e. The fraction of sp³-hybridized carbons (Fsp3) is 0.545. The minimum atomic E-state index is 0.906. The molecule has 1 aromatic rings. The molecule has 0 aliphatic rings. The molecule has 84 valence electrons. The Hall–Kier alpha value is -0.740. The first-order valence-electron chi connectivity index (χ1n) is 5.15. The van der Waals surface area contributed by atoms with Gasteiger partial charge < -0.3 is 5.32 Å². The average molecular weight is 225 g/mol. The Balaban J connectivity index is 2.17. The van der Waals surface area contributed by atoms with Gasteiger partial charge in [0.1, 0.15) is 0 Å². The summed E-state index contributed by atoms with van der Waals surface area (Å²) in [7, 11) is 0. The van der Waals surface area contributed by atoms with E-state index >= 15 is 0 Å². The number of aromatic nitrogens is 2. The molecule has 1 rings (SSSR count). The molecule has 1 aromatic heterocycles. The van der Waals surface area contributed by atoms with Crippen LogP contribution in [-0.4, -0.2) is 28.2 Å². The summed E-state index contributed by atoms with van der Waals surface area (Å²) in [6.45, 7) is 9.72. The largest absolute Gasteiger partial charge is 0.312 e. The van der Waals surface area contributed by atoms with E-state index in [1.54, 1.807) is 0 Å². The Morgan fingerprint density at radius 1 is 1.53 bits per heavy atom. The molecule has 0 bridgehead atoms. The molecule has 3 nitrogen and oxygen atoms in total. The lowest BCUT2D eigenvalue weighted by atomic mass is 10.2. The minimum Gasteiger partial charge on any atom is -0.312 e. The van der Waals surface area contributed by atoms with Crippen LogP contribution in [0.3, 0.4) is 0 Å². The summed E-state index contributed by atoms with van der Waals surface area (Å²) >= 11 is 1.89. The minimum absolute atomic E-state index is 0.906. The Morgan fingerprint density at radius 3 is 2.93 bits per heavy atom. The Kier molecular flexibility index (Phi) is 5.50. The van der Waals surface area contributed by atoms with Crippen LogP contribution >= 0.6 is 11.8 Å². The zero-order valence-electron chi connectivity index (χ0n) is 9.47. The van der Waals surface area contributed by atoms with Gasteiger partial charge in [-0.2, -0.15) is 16.9 Å². The number of aryl methyl sites for hydroxylation is 2. The third-order valence-corrected chi connectivity index (χ3v) is 3.21. The summed E-state index contributed by atoms with van der Waals surface area (Å²) in [6.07, 6.45) is 1.94. The second-order valence-corrected chi connectivity index (χ2v) is 4.60. The number of hydrogen-bond acceptors (Lipinski definition) is 3. The van der Waals surface area contributed by atoms with E-state index in [1.807, 2.05) is 24.8 Å². The van der Waals surface area contributed by atoms with Crippen LogP contribution in [0, 0.1) is 13.8 Å². The van der Waals surface area contributed by atoms with E-state index in [0.717, 1.165) is 30.3 Å². The molecule has 0 saturated carbocycles. The van der Waals surface area contributed by atoms with Gasteiger partial charge in [0.2, 0.25) is 0 Å². The van der Waals surface area contributed by atoms with Gasteiger partial charge in [-0.25, -0.2) is 0 Å². The molecule has 0 spiro atoms. The van der Waals surface area contributed by atoms with Gasteiger partial charge >= 0.3 is 0 Å². The highest BCUT2D eigenvalue weighted by atomic mass is 32.2. The third kappa shape index (κ3) is 4.10. The predicted octanol–water partition coefficient (Wildman–Crippen LogP) is 2.04. The molecule has 15 heavy (non-hydrogen) atoms. The van der Waals surface area contributed by atoms with E-state index in [0.29, 0.717) is 0 Å². The molecule has 0 saturated heterocycles. The Morgan fingerprint density at radius 2 is 2.33 bits per heavy atom. The van der Waals surface area contributed by atoms with Gasteiger partial charge in [-0.05, 0) is 13.8 Å². The summed E-state index contributed by atoms with van der Waals surface area (Å²) in [6, 6.07) is 0. The van der Waals surface area contributed by atoms with Gasteiger partial charge in [0, 0.05) is 35.9 Å². The van der Waals surface area contributed by atoms with E-state index in [1.165, 1.54) is 11.3 Å². The summed E-state index contributed by atoms with van der Waals surface area (Å²) < 4.78 is 0. The van der Waals surface area contributed by atoms with Crippen LogP contribution in [0.1, 0.15) is 17.0 Å². The van der Waals surface area contributed by atoms with Crippen molar-refractivity contribution in [3.8, 4) is 0 Å². The van der Waals surface area contributed by atoms with Crippen LogP contribution in [0.25, 0.3) is 0 Å². The molecule has 0 aliphatic carbocycles. The van der Waals surface area contributed by atoms with Gasteiger partial charge in [-0.3, -0.25) is 5.10 Å². The van der Waals surface area contributed by atoms with Gasteiger partial charge in [-0.15, -0.1) is 6.58 Å². The number of H-pyrrole nitrogens is 1. The molecule has 0 amide bonds. The number of thioether (sulfide) groups is 1. The Bertz CT molecular complexity index is 287. The zero-order chi connectivity index (χ0) is 11.1. The van der Waals surface area contributed by atoms with Crippen molar-refractivity contribution in [1.29, 1.82) is 0 Å². The molecule has 4 heteroatoms. The molecule has 0 aliphatic heterocycles. The first-order chi connectivity index (χ1) is 7.25. The molecule has 0 fully saturated rings. The standard InChI is InChI=1S/C11H19N3S/c1-4-6-15-7-5-12-8-11-9(2)13-14-10(11)3/h4,12H,1,5-8H2,2-3H3,(H,13,14). The van der Waals surface area contributed by atoms with Crippen LogP contribution in [0.4, 0.5) is 0 Å². The van der Waals surface area contributed by atoms with Gasteiger partial charge in [0.15, 0.2) is 0 Å². The van der Waals surface area contributed by atoms with Crippen molar-refractivity contribution >= 4 is 11.8 Å².